The minimum absolute atomic E-state index is 0.0000831. The van der Waals surface area contributed by atoms with E-state index >= 15 is 0 Å². The van der Waals surface area contributed by atoms with Gasteiger partial charge in [0.2, 0.25) is 0 Å². The Hall–Kier alpha value is -0.0400. The summed E-state index contributed by atoms with van der Waals surface area (Å²) < 4.78 is 0. The summed E-state index contributed by atoms with van der Waals surface area (Å²) >= 11 is 0. The van der Waals surface area contributed by atoms with E-state index in [2.05, 4.69) is 41.5 Å². The fraction of sp³-hybridized carbons (Fsp3) is 1.00. The van der Waals surface area contributed by atoms with Crippen molar-refractivity contribution in [3.05, 3.63) is 0 Å². The second-order valence-electron chi connectivity index (χ2n) is 14.7. The lowest BCUT2D eigenvalue weighted by molar-refractivity contribution is -0.138. The molecule has 6 aliphatic carbocycles. The van der Waals surface area contributed by atoms with E-state index in [1.54, 1.807) is 0 Å². The Morgan fingerprint density at radius 3 is 2.32 bits per heavy atom. The van der Waals surface area contributed by atoms with Gasteiger partial charge in [-0.3, -0.25) is 0 Å². The molecule has 6 rings (SSSR count). The lowest BCUT2D eigenvalue weighted by Crippen LogP contribution is -2.55. The quantitative estimate of drug-likeness (QED) is 0.491. The predicted octanol–water partition coefficient (Wildman–Crippen LogP) is 7.57. The number of hydrogen-bond acceptors (Lipinski definition) is 1. The Labute approximate surface area is 192 Å². The van der Waals surface area contributed by atoms with Gasteiger partial charge in [0.1, 0.15) is 0 Å². The lowest BCUT2D eigenvalue weighted by atomic mass is 9.44. The summed E-state index contributed by atoms with van der Waals surface area (Å²) in [7, 11) is 0. The molecule has 0 heterocycles. The Kier molecular flexibility index (Phi) is 4.69. The summed E-state index contributed by atoms with van der Waals surface area (Å²) in [5.74, 6) is 9.64. The fourth-order valence-corrected chi connectivity index (χ4v) is 11.5. The van der Waals surface area contributed by atoms with Crippen LogP contribution in [-0.2, 0) is 0 Å². The largest absolute Gasteiger partial charge is 0.393 e. The molecule has 0 saturated heterocycles. The standard InChI is InChI=1S/C30H50O/c1-17(2)18(3)22-14-23(22)19(4)25-7-8-26-24-13-20-15-30(20)16-21(31)9-12-29(30,6)27(24)10-11-28(25,26)5/h17-27,31H,7-16H2,1-6H3/t18-,19-,20-,21+,22?,23?,24+,25-,26+,27+,28-,29-,30+/m1/s1. The first-order valence-corrected chi connectivity index (χ1v) is 14.3. The summed E-state index contributed by atoms with van der Waals surface area (Å²) in [5.41, 5.74) is 1.70. The molecule has 31 heavy (non-hydrogen) atoms. The highest BCUT2D eigenvalue weighted by molar-refractivity contribution is 5.22. The summed E-state index contributed by atoms with van der Waals surface area (Å²) in [4.78, 5) is 0. The topological polar surface area (TPSA) is 20.2 Å². The third-order valence-electron chi connectivity index (χ3n) is 13.8. The van der Waals surface area contributed by atoms with E-state index in [1.165, 1.54) is 51.4 Å². The Morgan fingerprint density at radius 1 is 0.806 bits per heavy atom. The van der Waals surface area contributed by atoms with Crippen molar-refractivity contribution < 1.29 is 5.11 Å². The van der Waals surface area contributed by atoms with Crippen molar-refractivity contribution in [3.63, 3.8) is 0 Å². The van der Waals surface area contributed by atoms with Crippen LogP contribution >= 0.6 is 0 Å². The second kappa shape index (κ2) is 6.76. The van der Waals surface area contributed by atoms with Crippen LogP contribution in [0.3, 0.4) is 0 Å². The van der Waals surface area contributed by atoms with Crippen molar-refractivity contribution in [2.75, 3.05) is 0 Å². The number of rotatable bonds is 4. The molecule has 1 nitrogen and oxygen atoms in total. The van der Waals surface area contributed by atoms with Gasteiger partial charge in [-0.15, -0.1) is 0 Å². The number of fused-ring (bicyclic) bond motifs is 4. The SMILES string of the molecule is CC(C)[C@@H](C)C1CC1[C@@H](C)[C@H]1CC[C@H]2[C@@H]3C[C@@H]4C[C@]45C[C@@H](O)CC[C@]5(C)[C@H]3CC[C@]12C. The van der Waals surface area contributed by atoms with Gasteiger partial charge in [-0.2, -0.15) is 0 Å². The first kappa shape index (κ1) is 21.5. The average Bonchev–Trinajstić information content (AvgIpc) is 3.61. The van der Waals surface area contributed by atoms with Crippen molar-refractivity contribution in [1.29, 1.82) is 0 Å². The van der Waals surface area contributed by atoms with E-state index in [-0.39, 0.29) is 6.10 Å². The predicted molar refractivity (Wildman–Crippen MR) is 128 cm³/mol. The van der Waals surface area contributed by atoms with Gasteiger partial charge in [0.25, 0.3) is 0 Å². The van der Waals surface area contributed by atoms with Gasteiger partial charge in [-0.1, -0.05) is 41.5 Å². The zero-order valence-electron chi connectivity index (χ0n) is 21.4. The molecule has 13 atom stereocenters. The molecule has 6 aliphatic rings. The Morgan fingerprint density at radius 2 is 1.58 bits per heavy atom. The minimum Gasteiger partial charge on any atom is -0.393 e. The van der Waals surface area contributed by atoms with Gasteiger partial charge in [0.05, 0.1) is 6.10 Å². The van der Waals surface area contributed by atoms with Crippen LogP contribution in [0, 0.1) is 75.4 Å². The molecule has 1 heteroatoms. The molecule has 6 fully saturated rings. The first-order chi connectivity index (χ1) is 14.6. The van der Waals surface area contributed by atoms with Crippen LogP contribution in [0.25, 0.3) is 0 Å². The molecule has 0 bridgehead atoms. The number of hydrogen-bond donors (Lipinski definition) is 1. The zero-order valence-corrected chi connectivity index (χ0v) is 21.4. The van der Waals surface area contributed by atoms with Crippen LogP contribution in [0.4, 0.5) is 0 Å². The molecular formula is C30H50O. The van der Waals surface area contributed by atoms with E-state index in [0.29, 0.717) is 16.2 Å². The number of aliphatic hydroxyl groups is 1. The summed E-state index contributed by atoms with van der Waals surface area (Å²) in [6.07, 6.45) is 14.1. The van der Waals surface area contributed by atoms with E-state index in [9.17, 15) is 5.11 Å². The van der Waals surface area contributed by atoms with Crippen LogP contribution in [0.2, 0.25) is 0 Å². The Bertz CT molecular complexity index is 728. The molecule has 1 N–H and O–H groups in total. The zero-order chi connectivity index (χ0) is 21.9. The molecule has 6 saturated carbocycles. The van der Waals surface area contributed by atoms with Crippen LogP contribution < -0.4 is 0 Å². The van der Waals surface area contributed by atoms with Crippen LogP contribution in [0.5, 0.6) is 0 Å². The van der Waals surface area contributed by atoms with Crippen LogP contribution in [0.1, 0.15) is 106 Å². The average molecular weight is 427 g/mol. The van der Waals surface area contributed by atoms with Crippen LogP contribution in [0.15, 0.2) is 0 Å². The highest BCUT2D eigenvalue weighted by atomic mass is 16.3. The van der Waals surface area contributed by atoms with Gasteiger partial charge >= 0.3 is 0 Å². The van der Waals surface area contributed by atoms with E-state index < -0.39 is 0 Å². The van der Waals surface area contributed by atoms with Crippen molar-refractivity contribution in [3.8, 4) is 0 Å². The van der Waals surface area contributed by atoms with Gasteiger partial charge in [0.15, 0.2) is 0 Å². The number of aliphatic hydroxyl groups excluding tert-OH is 1. The molecule has 0 aromatic heterocycles. The Balaban J connectivity index is 1.21. The first-order valence-electron chi connectivity index (χ1n) is 14.3. The highest BCUT2D eigenvalue weighted by Gasteiger charge is 2.74. The monoisotopic (exact) mass is 426 g/mol. The van der Waals surface area contributed by atoms with Gasteiger partial charge in [-0.05, 0) is 140 Å². The molecule has 0 amide bonds. The molecule has 0 aliphatic heterocycles. The molecule has 0 aromatic carbocycles. The summed E-state index contributed by atoms with van der Waals surface area (Å²) in [5, 5.41) is 10.5. The van der Waals surface area contributed by atoms with Crippen molar-refractivity contribution in [1.82, 2.24) is 0 Å². The third kappa shape index (κ3) is 2.77. The summed E-state index contributed by atoms with van der Waals surface area (Å²) in [6, 6.07) is 0. The van der Waals surface area contributed by atoms with Crippen molar-refractivity contribution in [2.24, 2.45) is 75.4 Å². The van der Waals surface area contributed by atoms with Gasteiger partial charge in [0, 0.05) is 0 Å². The second-order valence-corrected chi connectivity index (χ2v) is 14.7. The summed E-state index contributed by atoms with van der Waals surface area (Å²) in [6.45, 7) is 15.5. The van der Waals surface area contributed by atoms with Crippen molar-refractivity contribution in [2.45, 2.75) is 112 Å². The molecular weight excluding hydrogens is 376 g/mol. The van der Waals surface area contributed by atoms with Gasteiger partial charge < -0.3 is 5.11 Å². The van der Waals surface area contributed by atoms with E-state index in [1.807, 2.05) is 0 Å². The van der Waals surface area contributed by atoms with E-state index in [0.717, 1.165) is 72.0 Å². The molecule has 176 valence electrons. The maximum atomic E-state index is 10.5. The lowest BCUT2D eigenvalue weighted by Gasteiger charge is -2.61. The van der Waals surface area contributed by atoms with Crippen molar-refractivity contribution >= 4 is 0 Å². The smallest absolute Gasteiger partial charge is 0.0546 e. The molecule has 2 unspecified atom stereocenters. The van der Waals surface area contributed by atoms with Crippen LogP contribution in [-0.4, -0.2) is 11.2 Å². The normalized spacial score (nSPS) is 59.2. The fourth-order valence-electron chi connectivity index (χ4n) is 11.5. The van der Waals surface area contributed by atoms with E-state index in [4.69, 9.17) is 0 Å². The maximum Gasteiger partial charge on any atom is 0.0546 e. The van der Waals surface area contributed by atoms with Gasteiger partial charge in [-0.25, -0.2) is 0 Å². The third-order valence-corrected chi connectivity index (χ3v) is 13.8. The molecule has 0 radical (unpaired) electrons. The molecule has 0 aromatic rings. The molecule has 1 spiro atoms. The maximum absolute atomic E-state index is 10.5. The minimum atomic E-state index is -0.0000831. The highest BCUT2D eigenvalue weighted by Crippen LogP contribution is 2.81.